The molecule has 1 unspecified atom stereocenters. The van der Waals surface area contributed by atoms with Crippen LogP contribution in [0.25, 0.3) is 0 Å². The highest BCUT2D eigenvalue weighted by atomic mass is 79.9. The first-order valence-electron chi connectivity index (χ1n) is 5.78. The summed E-state index contributed by atoms with van der Waals surface area (Å²) < 4.78 is 14.0. The first-order chi connectivity index (χ1) is 7.66. The minimum absolute atomic E-state index is 0.342. The van der Waals surface area contributed by atoms with E-state index in [0.29, 0.717) is 16.5 Å². The molecule has 0 heterocycles. The third-order valence-corrected chi connectivity index (χ3v) is 3.28. The monoisotopic (exact) mass is 288 g/mol. The predicted octanol–water partition coefficient (Wildman–Crippen LogP) is 4.59. The molecular weight excluding hydrogens is 271 g/mol. The second kappa shape index (κ2) is 7.02. The van der Waals surface area contributed by atoms with E-state index in [1.165, 1.54) is 12.8 Å². The van der Waals surface area contributed by atoms with Crippen LogP contribution >= 0.6 is 15.9 Å². The Morgan fingerprint density at radius 2 is 2.06 bits per heavy atom. The molecule has 16 heavy (non-hydrogen) atoms. The van der Waals surface area contributed by atoms with E-state index < -0.39 is 6.10 Å². The molecule has 1 aromatic carbocycles. The summed E-state index contributed by atoms with van der Waals surface area (Å²) in [5, 5.41) is 9.86. The van der Waals surface area contributed by atoms with Crippen LogP contribution in [0.1, 0.15) is 50.7 Å². The van der Waals surface area contributed by atoms with Crippen LogP contribution in [0.4, 0.5) is 4.39 Å². The fourth-order valence-electron chi connectivity index (χ4n) is 1.70. The van der Waals surface area contributed by atoms with Gasteiger partial charge in [0.1, 0.15) is 5.82 Å². The van der Waals surface area contributed by atoms with Crippen LogP contribution in [-0.4, -0.2) is 5.11 Å². The van der Waals surface area contributed by atoms with Gasteiger partial charge in [-0.1, -0.05) is 44.7 Å². The topological polar surface area (TPSA) is 20.2 Å². The molecule has 90 valence electrons. The molecule has 0 aliphatic heterocycles. The molecular formula is C13H18BrFO. The van der Waals surface area contributed by atoms with Gasteiger partial charge in [-0.3, -0.25) is 0 Å². The Hall–Kier alpha value is -0.410. The van der Waals surface area contributed by atoms with Gasteiger partial charge in [-0.05, 0) is 28.4 Å². The Kier molecular flexibility index (Phi) is 5.99. The Morgan fingerprint density at radius 3 is 2.75 bits per heavy atom. The summed E-state index contributed by atoms with van der Waals surface area (Å²) in [7, 11) is 0. The summed E-state index contributed by atoms with van der Waals surface area (Å²) in [5.41, 5.74) is 0.394. The number of rotatable bonds is 6. The van der Waals surface area contributed by atoms with Crippen molar-refractivity contribution in [2.24, 2.45) is 0 Å². The quantitative estimate of drug-likeness (QED) is 0.759. The normalized spacial score (nSPS) is 12.8. The molecule has 0 aliphatic rings. The van der Waals surface area contributed by atoms with Gasteiger partial charge in [0.05, 0.1) is 10.6 Å². The number of aliphatic hydroxyl groups is 1. The van der Waals surface area contributed by atoms with E-state index in [1.807, 2.05) is 0 Å². The maximum atomic E-state index is 13.6. The molecule has 0 radical (unpaired) electrons. The Labute approximate surface area is 105 Å². The summed E-state index contributed by atoms with van der Waals surface area (Å²) >= 11 is 3.12. The Bertz CT molecular complexity index is 328. The fraction of sp³-hybridized carbons (Fsp3) is 0.538. The summed E-state index contributed by atoms with van der Waals surface area (Å²) in [6, 6.07) is 5.03. The van der Waals surface area contributed by atoms with Gasteiger partial charge in [0, 0.05) is 5.56 Å². The number of benzene rings is 1. The lowest BCUT2D eigenvalue weighted by molar-refractivity contribution is 0.158. The van der Waals surface area contributed by atoms with Crippen molar-refractivity contribution in [3.8, 4) is 0 Å². The molecule has 0 saturated carbocycles. The molecule has 0 aliphatic carbocycles. The van der Waals surface area contributed by atoms with E-state index in [9.17, 15) is 9.50 Å². The molecule has 1 rings (SSSR count). The lowest BCUT2D eigenvalue weighted by atomic mass is 10.0. The highest BCUT2D eigenvalue weighted by Crippen LogP contribution is 2.26. The smallest absolute Gasteiger partial charge is 0.143 e. The zero-order valence-corrected chi connectivity index (χ0v) is 11.1. The zero-order valence-electron chi connectivity index (χ0n) is 9.55. The van der Waals surface area contributed by atoms with E-state index in [-0.39, 0.29) is 5.82 Å². The Morgan fingerprint density at radius 1 is 1.31 bits per heavy atom. The molecule has 1 atom stereocenters. The van der Waals surface area contributed by atoms with Crippen LogP contribution in [-0.2, 0) is 0 Å². The van der Waals surface area contributed by atoms with Gasteiger partial charge in [-0.25, -0.2) is 4.39 Å². The minimum atomic E-state index is -0.686. The molecule has 0 aromatic heterocycles. The minimum Gasteiger partial charge on any atom is -0.388 e. The van der Waals surface area contributed by atoms with Crippen molar-refractivity contribution >= 4 is 15.9 Å². The maximum Gasteiger partial charge on any atom is 0.143 e. The maximum absolute atomic E-state index is 13.6. The number of unbranched alkanes of at least 4 members (excludes halogenated alkanes) is 3. The lowest BCUT2D eigenvalue weighted by Crippen LogP contribution is -2.01. The number of hydrogen-bond donors (Lipinski definition) is 1. The van der Waals surface area contributed by atoms with Crippen LogP contribution < -0.4 is 0 Å². The summed E-state index contributed by atoms with van der Waals surface area (Å²) in [5.74, 6) is -0.342. The highest BCUT2D eigenvalue weighted by Gasteiger charge is 2.13. The van der Waals surface area contributed by atoms with E-state index in [1.54, 1.807) is 18.2 Å². The molecule has 0 fully saturated rings. The zero-order chi connectivity index (χ0) is 12.0. The number of halogens is 2. The van der Waals surface area contributed by atoms with Crippen LogP contribution in [0, 0.1) is 5.82 Å². The van der Waals surface area contributed by atoms with Crippen LogP contribution in [0.3, 0.4) is 0 Å². The van der Waals surface area contributed by atoms with Crippen LogP contribution in [0.15, 0.2) is 22.7 Å². The van der Waals surface area contributed by atoms with Crippen molar-refractivity contribution in [2.75, 3.05) is 0 Å². The third kappa shape index (κ3) is 3.87. The number of hydrogen-bond acceptors (Lipinski definition) is 1. The molecule has 0 bridgehead atoms. The van der Waals surface area contributed by atoms with Crippen molar-refractivity contribution in [1.82, 2.24) is 0 Å². The molecule has 0 saturated heterocycles. The average molecular weight is 289 g/mol. The first kappa shape index (κ1) is 13.7. The second-order valence-electron chi connectivity index (χ2n) is 4.01. The van der Waals surface area contributed by atoms with Crippen molar-refractivity contribution in [3.63, 3.8) is 0 Å². The van der Waals surface area contributed by atoms with E-state index >= 15 is 0 Å². The van der Waals surface area contributed by atoms with Gasteiger partial charge >= 0.3 is 0 Å². The Balaban J connectivity index is 2.52. The van der Waals surface area contributed by atoms with E-state index in [0.717, 1.165) is 12.8 Å². The van der Waals surface area contributed by atoms with Gasteiger partial charge < -0.3 is 5.11 Å². The summed E-state index contributed by atoms with van der Waals surface area (Å²) in [6.07, 6.45) is 4.33. The van der Waals surface area contributed by atoms with Gasteiger partial charge in [-0.15, -0.1) is 0 Å². The highest BCUT2D eigenvalue weighted by molar-refractivity contribution is 9.10. The summed E-state index contributed by atoms with van der Waals surface area (Å²) in [4.78, 5) is 0. The van der Waals surface area contributed by atoms with Crippen molar-refractivity contribution in [3.05, 3.63) is 34.1 Å². The van der Waals surface area contributed by atoms with Crippen molar-refractivity contribution in [2.45, 2.75) is 45.1 Å². The molecule has 0 spiro atoms. The van der Waals surface area contributed by atoms with Crippen molar-refractivity contribution < 1.29 is 9.50 Å². The van der Waals surface area contributed by atoms with Gasteiger partial charge in [-0.2, -0.15) is 0 Å². The molecule has 0 amide bonds. The summed E-state index contributed by atoms with van der Waals surface area (Å²) in [6.45, 7) is 2.14. The average Bonchev–Trinajstić information content (AvgIpc) is 2.28. The standard InChI is InChI=1S/C13H18BrFO/c1-2-3-4-5-9-12(16)10-7-6-8-11(14)13(10)15/h6-8,12,16H,2-5,9H2,1H3. The van der Waals surface area contributed by atoms with Crippen LogP contribution in [0.5, 0.6) is 0 Å². The van der Waals surface area contributed by atoms with E-state index in [4.69, 9.17) is 0 Å². The lowest BCUT2D eigenvalue weighted by Gasteiger charge is -2.12. The SMILES string of the molecule is CCCCCCC(O)c1cccc(Br)c1F. The van der Waals surface area contributed by atoms with E-state index in [2.05, 4.69) is 22.9 Å². The van der Waals surface area contributed by atoms with Gasteiger partial charge in [0.25, 0.3) is 0 Å². The largest absolute Gasteiger partial charge is 0.388 e. The predicted molar refractivity (Wildman–Crippen MR) is 67.8 cm³/mol. The fourth-order valence-corrected chi connectivity index (χ4v) is 2.08. The van der Waals surface area contributed by atoms with Crippen LogP contribution in [0.2, 0.25) is 0 Å². The van der Waals surface area contributed by atoms with Crippen molar-refractivity contribution in [1.29, 1.82) is 0 Å². The van der Waals surface area contributed by atoms with Gasteiger partial charge in [0.2, 0.25) is 0 Å². The molecule has 1 N–H and O–H groups in total. The first-order valence-corrected chi connectivity index (χ1v) is 6.58. The molecule has 3 heteroatoms. The third-order valence-electron chi connectivity index (χ3n) is 2.67. The molecule has 1 nitrogen and oxygen atoms in total. The number of aliphatic hydroxyl groups excluding tert-OH is 1. The van der Waals surface area contributed by atoms with Gasteiger partial charge in [0.15, 0.2) is 0 Å². The molecule has 1 aromatic rings. The second-order valence-corrected chi connectivity index (χ2v) is 4.86.